The highest BCUT2D eigenvalue weighted by molar-refractivity contribution is 5.90. The molecule has 2 N–H and O–H groups in total. The lowest BCUT2D eigenvalue weighted by Gasteiger charge is -2.21. The molecule has 1 saturated heterocycles. The molecule has 1 aliphatic heterocycles. The van der Waals surface area contributed by atoms with Gasteiger partial charge in [0.2, 0.25) is 5.88 Å². The number of rotatable bonds is 7. The lowest BCUT2D eigenvalue weighted by atomic mass is 9.94. The number of nitrogens with one attached hydrogen (secondary N) is 2. The quantitative estimate of drug-likeness (QED) is 0.332. The fraction of sp³-hybridized carbons (Fsp3) is 0.241. The number of carbonyl (C=O) groups is 1. The number of halogens is 2. The molecule has 38 heavy (non-hydrogen) atoms. The normalized spacial score (nSPS) is 16.9. The van der Waals surface area contributed by atoms with Crippen LogP contribution in [0.3, 0.4) is 0 Å². The number of hydrogen-bond acceptors (Lipinski definition) is 4. The standard InChI is InChI=1S/C29H29F2N5O2/c1-3-38-28-19(2)27(36(34-28)22-12-8-5-9-13-22)33-29(37)32-26-18-35(21-10-6-4-7-11-21)17-23(26)20-14-15-24(30)25(31)16-20/h4-16,23,26H,3,17-18H2,1-2H3,(H2,32,33,37)/t23-,26+/m0/s1. The number of benzene rings is 3. The van der Waals surface area contributed by atoms with Crippen LogP contribution >= 0.6 is 0 Å². The largest absolute Gasteiger partial charge is 0.477 e. The van der Waals surface area contributed by atoms with E-state index in [9.17, 15) is 13.6 Å². The summed E-state index contributed by atoms with van der Waals surface area (Å²) in [4.78, 5) is 15.5. The van der Waals surface area contributed by atoms with Crippen molar-refractivity contribution in [1.82, 2.24) is 15.1 Å². The third-order valence-corrected chi connectivity index (χ3v) is 6.72. The lowest BCUT2D eigenvalue weighted by Crippen LogP contribution is -2.42. The van der Waals surface area contributed by atoms with Crippen LogP contribution in [0.4, 0.5) is 25.1 Å². The molecular formula is C29H29F2N5O2. The summed E-state index contributed by atoms with van der Waals surface area (Å²) >= 11 is 0. The third kappa shape index (κ3) is 5.18. The van der Waals surface area contributed by atoms with Crippen molar-refractivity contribution in [3.8, 4) is 11.6 Å². The Hall–Kier alpha value is -4.40. The van der Waals surface area contributed by atoms with E-state index in [1.165, 1.54) is 6.07 Å². The average molecular weight is 518 g/mol. The van der Waals surface area contributed by atoms with E-state index in [2.05, 4.69) is 20.6 Å². The average Bonchev–Trinajstić information content (AvgIpc) is 3.48. The Morgan fingerprint density at radius 1 is 0.974 bits per heavy atom. The van der Waals surface area contributed by atoms with Gasteiger partial charge in [0.1, 0.15) is 5.82 Å². The van der Waals surface area contributed by atoms with Crippen LogP contribution in [0.1, 0.15) is 24.0 Å². The first-order valence-corrected chi connectivity index (χ1v) is 12.5. The van der Waals surface area contributed by atoms with Gasteiger partial charge in [-0.2, -0.15) is 0 Å². The molecule has 0 aliphatic carbocycles. The van der Waals surface area contributed by atoms with Gasteiger partial charge in [0, 0.05) is 24.7 Å². The van der Waals surface area contributed by atoms with Crippen molar-refractivity contribution in [3.63, 3.8) is 0 Å². The number of ether oxygens (including phenoxy) is 1. The van der Waals surface area contributed by atoms with Crippen molar-refractivity contribution in [2.75, 3.05) is 29.9 Å². The number of hydrogen-bond donors (Lipinski definition) is 2. The zero-order valence-electron chi connectivity index (χ0n) is 21.2. The summed E-state index contributed by atoms with van der Waals surface area (Å²) < 4.78 is 35.1. The number of nitrogens with zero attached hydrogens (tertiary/aromatic N) is 3. The van der Waals surface area contributed by atoms with Gasteiger partial charge in [0.05, 0.1) is 23.9 Å². The van der Waals surface area contributed by atoms with E-state index >= 15 is 0 Å². The molecule has 2 atom stereocenters. The molecule has 2 heterocycles. The Kier molecular flexibility index (Phi) is 7.26. The van der Waals surface area contributed by atoms with Crippen LogP contribution in [0.2, 0.25) is 0 Å². The van der Waals surface area contributed by atoms with Gasteiger partial charge in [-0.25, -0.2) is 18.3 Å². The molecule has 2 amide bonds. The second-order valence-electron chi connectivity index (χ2n) is 9.18. The minimum Gasteiger partial charge on any atom is -0.477 e. The molecule has 0 spiro atoms. The number of aromatic nitrogens is 2. The summed E-state index contributed by atoms with van der Waals surface area (Å²) in [6.07, 6.45) is 0. The number of amides is 2. The highest BCUT2D eigenvalue weighted by Crippen LogP contribution is 2.33. The first-order valence-electron chi connectivity index (χ1n) is 12.5. The van der Waals surface area contributed by atoms with Crippen LogP contribution in [-0.4, -0.2) is 41.5 Å². The number of urea groups is 1. The van der Waals surface area contributed by atoms with Gasteiger partial charge in [-0.1, -0.05) is 42.5 Å². The van der Waals surface area contributed by atoms with Crippen molar-refractivity contribution in [3.05, 3.63) is 102 Å². The zero-order valence-corrected chi connectivity index (χ0v) is 21.2. The predicted molar refractivity (Wildman–Crippen MR) is 143 cm³/mol. The molecule has 1 aliphatic rings. The van der Waals surface area contributed by atoms with E-state index < -0.39 is 17.7 Å². The molecule has 3 aromatic carbocycles. The van der Waals surface area contributed by atoms with Crippen LogP contribution in [0, 0.1) is 18.6 Å². The van der Waals surface area contributed by atoms with Crippen molar-refractivity contribution in [1.29, 1.82) is 0 Å². The van der Waals surface area contributed by atoms with E-state index in [1.807, 2.05) is 74.5 Å². The highest BCUT2D eigenvalue weighted by atomic mass is 19.2. The molecule has 0 saturated carbocycles. The van der Waals surface area contributed by atoms with Crippen molar-refractivity contribution in [2.24, 2.45) is 0 Å². The van der Waals surface area contributed by atoms with Gasteiger partial charge in [-0.05, 0) is 55.8 Å². The molecule has 1 aromatic heterocycles. The maximum Gasteiger partial charge on any atom is 0.320 e. The van der Waals surface area contributed by atoms with E-state index in [1.54, 1.807) is 10.7 Å². The van der Waals surface area contributed by atoms with Crippen molar-refractivity contribution >= 4 is 17.5 Å². The Morgan fingerprint density at radius 3 is 2.32 bits per heavy atom. The SMILES string of the molecule is CCOc1nn(-c2ccccc2)c(NC(=O)N[C@@H]2CN(c3ccccc3)C[C@H]2c2ccc(F)c(F)c2)c1C. The van der Waals surface area contributed by atoms with E-state index in [0.717, 1.165) is 17.4 Å². The summed E-state index contributed by atoms with van der Waals surface area (Å²) in [5, 5.41) is 10.6. The summed E-state index contributed by atoms with van der Waals surface area (Å²) in [5.41, 5.74) is 3.08. The number of para-hydroxylation sites is 2. The second-order valence-corrected chi connectivity index (χ2v) is 9.18. The monoisotopic (exact) mass is 517 g/mol. The third-order valence-electron chi connectivity index (χ3n) is 6.72. The molecule has 0 radical (unpaired) electrons. The van der Waals surface area contributed by atoms with E-state index in [4.69, 9.17) is 4.74 Å². The van der Waals surface area contributed by atoms with Gasteiger partial charge < -0.3 is 15.0 Å². The Bertz CT molecular complexity index is 1410. The summed E-state index contributed by atoms with van der Waals surface area (Å²) in [6.45, 7) is 5.19. The predicted octanol–water partition coefficient (Wildman–Crippen LogP) is 5.65. The highest BCUT2D eigenvalue weighted by Gasteiger charge is 2.36. The molecule has 7 nitrogen and oxygen atoms in total. The first kappa shape index (κ1) is 25.3. The fourth-order valence-corrected chi connectivity index (χ4v) is 4.85. The van der Waals surface area contributed by atoms with Crippen LogP contribution in [-0.2, 0) is 0 Å². The second kappa shape index (κ2) is 10.9. The van der Waals surface area contributed by atoms with Crippen molar-refractivity contribution in [2.45, 2.75) is 25.8 Å². The van der Waals surface area contributed by atoms with Crippen LogP contribution in [0.25, 0.3) is 5.69 Å². The van der Waals surface area contributed by atoms with Crippen molar-refractivity contribution < 1.29 is 18.3 Å². The summed E-state index contributed by atoms with van der Waals surface area (Å²) in [7, 11) is 0. The molecule has 9 heteroatoms. The molecular weight excluding hydrogens is 488 g/mol. The maximum absolute atomic E-state index is 14.1. The smallest absolute Gasteiger partial charge is 0.320 e. The minimum absolute atomic E-state index is 0.254. The van der Waals surface area contributed by atoms with Gasteiger partial charge in [-0.3, -0.25) is 5.32 Å². The topological polar surface area (TPSA) is 71.4 Å². The fourth-order valence-electron chi connectivity index (χ4n) is 4.85. The molecule has 4 aromatic rings. The number of anilines is 2. The van der Waals surface area contributed by atoms with Gasteiger partial charge in [0.25, 0.3) is 0 Å². The Balaban J connectivity index is 1.41. The van der Waals surface area contributed by atoms with Crippen LogP contribution in [0.5, 0.6) is 5.88 Å². The van der Waals surface area contributed by atoms with Gasteiger partial charge in [-0.15, -0.1) is 5.10 Å². The van der Waals surface area contributed by atoms with E-state index in [0.29, 0.717) is 42.5 Å². The molecule has 0 bridgehead atoms. The Morgan fingerprint density at radius 2 is 1.66 bits per heavy atom. The van der Waals surface area contributed by atoms with Crippen LogP contribution in [0.15, 0.2) is 78.9 Å². The van der Waals surface area contributed by atoms with Crippen LogP contribution < -0.4 is 20.3 Å². The number of carbonyl (C=O) groups excluding carboxylic acids is 1. The van der Waals surface area contributed by atoms with E-state index in [-0.39, 0.29) is 12.0 Å². The zero-order chi connectivity index (χ0) is 26.6. The molecule has 1 fully saturated rings. The lowest BCUT2D eigenvalue weighted by molar-refractivity contribution is 0.248. The maximum atomic E-state index is 14.1. The minimum atomic E-state index is -0.908. The molecule has 0 unspecified atom stereocenters. The molecule has 5 rings (SSSR count). The summed E-state index contributed by atoms with van der Waals surface area (Å²) in [5.74, 6) is -1.14. The molecule has 196 valence electrons. The Labute approximate surface area is 220 Å². The van der Waals surface area contributed by atoms with Gasteiger partial charge in [0.15, 0.2) is 11.6 Å². The first-order chi connectivity index (χ1) is 18.4. The van der Waals surface area contributed by atoms with Gasteiger partial charge >= 0.3 is 6.03 Å². The summed E-state index contributed by atoms with van der Waals surface area (Å²) in [6, 6.07) is 22.4.